The van der Waals surface area contributed by atoms with Gasteiger partial charge in [0.2, 0.25) is 0 Å². The Hall–Kier alpha value is -1.35. The van der Waals surface area contributed by atoms with Crippen molar-refractivity contribution in [3.63, 3.8) is 0 Å². The molecule has 0 unspecified atom stereocenters. The van der Waals surface area contributed by atoms with Gasteiger partial charge in [-0.3, -0.25) is 0 Å². The predicted octanol–water partition coefficient (Wildman–Crippen LogP) is 4.20. The van der Waals surface area contributed by atoms with E-state index in [0.717, 1.165) is 11.3 Å². The van der Waals surface area contributed by atoms with Crippen molar-refractivity contribution >= 4 is 21.6 Å². The summed E-state index contributed by atoms with van der Waals surface area (Å²) in [6.07, 6.45) is 0. The van der Waals surface area contributed by atoms with Crippen molar-refractivity contribution in [2.75, 3.05) is 5.32 Å². The summed E-state index contributed by atoms with van der Waals surface area (Å²) in [5, 5.41) is 3.23. The molecule has 3 heteroatoms. The summed E-state index contributed by atoms with van der Waals surface area (Å²) < 4.78 is 13.8. The highest BCUT2D eigenvalue weighted by Gasteiger charge is 2.04. The number of hydrogen-bond donors (Lipinski definition) is 1. The van der Waals surface area contributed by atoms with Crippen molar-refractivity contribution in [3.05, 3.63) is 64.4 Å². The summed E-state index contributed by atoms with van der Waals surface area (Å²) in [7, 11) is 0. The van der Waals surface area contributed by atoms with Crippen LogP contribution in [0.15, 0.2) is 53.0 Å². The van der Waals surface area contributed by atoms with Gasteiger partial charge in [0.05, 0.1) is 4.47 Å². The average molecular weight is 280 g/mol. The first kappa shape index (κ1) is 11.1. The van der Waals surface area contributed by atoms with Crippen LogP contribution in [0, 0.1) is 5.82 Å². The molecule has 0 aliphatic heterocycles. The van der Waals surface area contributed by atoms with E-state index in [1.807, 2.05) is 36.4 Å². The molecule has 2 aromatic carbocycles. The molecule has 82 valence electrons. The third-order valence-electron chi connectivity index (χ3n) is 2.29. The van der Waals surface area contributed by atoms with E-state index in [9.17, 15) is 4.39 Å². The molecule has 0 radical (unpaired) electrons. The Morgan fingerprint density at radius 1 is 1.00 bits per heavy atom. The molecule has 0 aliphatic rings. The smallest absolute Gasteiger partial charge is 0.137 e. The van der Waals surface area contributed by atoms with E-state index in [2.05, 4.69) is 21.2 Å². The number of hydrogen-bond acceptors (Lipinski definition) is 1. The van der Waals surface area contributed by atoms with E-state index in [-0.39, 0.29) is 5.82 Å². The summed E-state index contributed by atoms with van der Waals surface area (Å²) in [5.74, 6) is -0.229. The lowest BCUT2D eigenvalue weighted by atomic mass is 10.2. The van der Waals surface area contributed by atoms with Gasteiger partial charge in [0, 0.05) is 12.2 Å². The summed E-state index contributed by atoms with van der Waals surface area (Å²) in [6.45, 7) is 0.600. The lowest BCUT2D eigenvalue weighted by Gasteiger charge is -2.08. The molecule has 2 rings (SSSR count). The summed E-state index contributed by atoms with van der Waals surface area (Å²) in [4.78, 5) is 0. The highest BCUT2D eigenvalue weighted by Crippen LogP contribution is 2.21. The quantitative estimate of drug-likeness (QED) is 0.888. The molecule has 16 heavy (non-hydrogen) atoms. The molecule has 0 spiro atoms. The zero-order valence-electron chi connectivity index (χ0n) is 8.58. The topological polar surface area (TPSA) is 12.0 Å². The van der Waals surface area contributed by atoms with Crippen molar-refractivity contribution in [2.24, 2.45) is 0 Å². The van der Waals surface area contributed by atoms with Crippen molar-refractivity contribution in [1.29, 1.82) is 0 Å². The number of nitrogens with one attached hydrogen (secondary N) is 1. The molecule has 0 saturated heterocycles. The Labute approximate surface area is 102 Å². The zero-order chi connectivity index (χ0) is 11.4. The number of rotatable bonds is 3. The zero-order valence-corrected chi connectivity index (χ0v) is 10.2. The van der Waals surface area contributed by atoms with E-state index < -0.39 is 0 Å². The molecule has 0 amide bonds. The molecule has 0 fully saturated rings. The molecule has 2 aromatic rings. The minimum Gasteiger partial charge on any atom is -0.381 e. The number of halogens is 2. The number of para-hydroxylation sites is 1. The lowest BCUT2D eigenvalue weighted by molar-refractivity contribution is 0.618. The normalized spacial score (nSPS) is 10.1. The van der Waals surface area contributed by atoms with Gasteiger partial charge in [-0.25, -0.2) is 4.39 Å². The van der Waals surface area contributed by atoms with Crippen LogP contribution in [-0.2, 0) is 6.54 Å². The third kappa shape index (κ3) is 2.61. The highest BCUT2D eigenvalue weighted by atomic mass is 79.9. The molecular formula is C13H11BrFN. The monoisotopic (exact) mass is 279 g/mol. The van der Waals surface area contributed by atoms with E-state index in [0.29, 0.717) is 11.0 Å². The maximum atomic E-state index is 13.2. The summed E-state index contributed by atoms with van der Waals surface area (Å²) in [6, 6.07) is 14.9. The minimum absolute atomic E-state index is 0.229. The van der Waals surface area contributed by atoms with Gasteiger partial charge in [-0.2, -0.15) is 0 Å². The molecule has 0 heterocycles. The molecular weight excluding hydrogens is 269 g/mol. The fourth-order valence-corrected chi connectivity index (χ4v) is 1.84. The molecule has 0 saturated carbocycles. The van der Waals surface area contributed by atoms with Gasteiger partial charge in [-0.15, -0.1) is 0 Å². The summed E-state index contributed by atoms with van der Waals surface area (Å²) in [5.41, 5.74) is 1.93. The molecule has 1 nitrogen and oxygen atoms in total. The van der Waals surface area contributed by atoms with Crippen molar-refractivity contribution in [2.45, 2.75) is 6.54 Å². The second-order valence-electron chi connectivity index (χ2n) is 3.43. The van der Waals surface area contributed by atoms with E-state index >= 15 is 0 Å². The largest absolute Gasteiger partial charge is 0.381 e. The lowest BCUT2D eigenvalue weighted by Crippen LogP contribution is -2.00. The van der Waals surface area contributed by atoms with Gasteiger partial charge in [-0.05, 0) is 39.7 Å². The third-order valence-corrected chi connectivity index (χ3v) is 3.18. The first-order chi connectivity index (χ1) is 7.77. The van der Waals surface area contributed by atoms with Crippen molar-refractivity contribution in [1.82, 2.24) is 0 Å². The van der Waals surface area contributed by atoms with Crippen LogP contribution < -0.4 is 5.32 Å². The molecule has 0 aromatic heterocycles. The van der Waals surface area contributed by atoms with Crippen LogP contribution in [0.2, 0.25) is 0 Å². The van der Waals surface area contributed by atoms with Gasteiger partial charge in [-0.1, -0.05) is 30.3 Å². The average Bonchev–Trinajstić information content (AvgIpc) is 2.32. The van der Waals surface area contributed by atoms with Crippen LogP contribution in [0.3, 0.4) is 0 Å². The maximum absolute atomic E-state index is 13.2. The fourth-order valence-electron chi connectivity index (χ4n) is 1.44. The standard InChI is InChI=1S/C13H11BrFN/c14-13-10(5-4-8-12(13)15)9-16-11-6-2-1-3-7-11/h1-8,16H,9H2. The van der Waals surface area contributed by atoms with Crippen molar-refractivity contribution < 1.29 is 4.39 Å². The van der Waals surface area contributed by atoms with Crippen LogP contribution >= 0.6 is 15.9 Å². The minimum atomic E-state index is -0.229. The summed E-state index contributed by atoms with van der Waals surface area (Å²) >= 11 is 3.24. The van der Waals surface area contributed by atoms with Gasteiger partial charge >= 0.3 is 0 Å². The van der Waals surface area contributed by atoms with Crippen LogP contribution in [0.1, 0.15) is 5.56 Å². The first-order valence-corrected chi connectivity index (χ1v) is 5.78. The maximum Gasteiger partial charge on any atom is 0.137 e. The van der Waals surface area contributed by atoms with Gasteiger partial charge in [0.25, 0.3) is 0 Å². The Kier molecular flexibility index (Phi) is 3.57. The van der Waals surface area contributed by atoms with Crippen LogP contribution in [-0.4, -0.2) is 0 Å². The van der Waals surface area contributed by atoms with Gasteiger partial charge in [0.15, 0.2) is 0 Å². The Morgan fingerprint density at radius 2 is 1.75 bits per heavy atom. The highest BCUT2D eigenvalue weighted by molar-refractivity contribution is 9.10. The Bertz CT molecular complexity index is 471. The van der Waals surface area contributed by atoms with Gasteiger partial charge < -0.3 is 5.32 Å². The van der Waals surface area contributed by atoms with Gasteiger partial charge in [0.1, 0.15) is 5.82 Å². The van der Waals surface area contributed by atoms with Crippen LogP contribution in [0.25, 0.3) is 0 Å². The van der Waals surface area contributed by atoms with E-state index in [1.165, 1.54) is 6.07 Å². The van der Waals surface area contributed by atoms with Crippen molar-refractivity contribution in [3.8, 4) is 0 Å². The second kappa shape index (κ2) is 5.12. The molecule has 0 atom stereocenters. The second-order valence-corrected chi connectivity index (χ2v) is 4.23. The number of benzene rings is 2. The Balaban J connectivity index is 2.08. The SMILES string of the molecule is Fc1cccc(CNc2ccccc2)c1Br. The molecule has 0 aliphatic carbocycles. The van der Waals surface area contributed by atoms with E-state index in [1.54, 1.807) is 6.07 Å². The van der Waals surface area contributed by atoms with Crippen LogP contribution in [0.5, 0.6) is 0 Å². The first-order valence-electron chi connectivity index (χ1n) is 4.99. The molecule has 1 N–H and O–H groups in total. The van der Waals surface area contributed by atoms with Crippen LogP contribution in [0.4, 0.5) is 10.1 Å². The fraction of sp³-hybridized carbons (Fsp3) is 0.0769. The Morgan fingerprint density at radius 3 is 2.50 bits per heavy atom. The number of anilines is 1. The molecule has 0 bridgehead atoms. The van der Waals surface area contributed by atoms with E-state index in [4.69, 9.17) is 0 Å². The predicted molar refractivity (Wildman–Crippen MR) is 67.9 cm³/mol.